The molecular weight excluding hydrogens is 359 g/mol. The van der Waals surface area contributed by atoms with Crippen molar-refractivity contribution >= 4 is 5.82 Å². The summed E-state index contributed by atoms with van der Waals surface area (Å²) in [6, 6.07) is 3.36. The molecule has 0 bridgehead atoms. The second kappa shape index (κ2) is 6.12. The zero-order chi connectivity index (χ0) is 19.5. The molecule has 6 nitrogen and oxygen atoms in total. The van der Waals surface area contributed by atoms with E-state index in [4.69, 9.17) is 5.73 Å². The van der Waals surface area contributed by atoms with Crippen LogP contribution in [0, 0.1) is 11.8 Å². The highest BCUT2D eigenvalue weighted by atomic mass is 19.4. The Balaban J connectivity index is 1.67. The molecule has 1 saturated carbocycles. The van der Waals surface area contributed by atoms with E-state index < -0.39 is 12.1 Å². The molecule has 3 heterocycles. The van der Waals surface area contributed by atoms with E-state index in [0.717, 1.165) is 18.8 Å². The Labute approximate surface area is 155 Å². The van der Waals surface area contributed by atoms with Crippen molar-refractivity contribution < 1.29 is 17.9 Å². The van der Waals surface area contributed by atoms with Gasteiger partial charge in [-0.25, -0.2) is 4.98 Å². The normalized spacial score (nSPS) is 25.1. The third kappa shape index (κ3) is 3.36. The quantitative estimate of drug-likeness (QED) is 0.880. The Morgan fingerprint density at radius 2 is 1.89 bits per heavy atom. The summed E-state index contributed by atoms with van der Waals surface area (Å²) in [6.45, 7) is 6.23. The predicted octanol–water partition coefficient (Wildman–Crippen LogP) is 3.28. The van der Waals surface area contributed by atoms with Crippen molar-refractivity contribution in [1.82, 2.24) is 19.7 Å². The Kier molecular flexibility index (Phi) is 4.10. The van der Waals surface area contributed by atoms with Crippen LogP contribution in [-0.4, -0.2) is 46.2 Å². The van der Waals surface area contributed by atoms with Gasteiger partial charge in [-0.05, 0) is 44.9 Å². The van der Waals surface area contributed by atoms with Crippen LogP contribution in [0.25, 0.3) is 11.3 Å². The summed E-state index contributed by atoms with van der Waals surface area (Å²) in [4.78, 5) is 6.17. The highest BCUT2D eigenvalue weighted by Gasteiger charge is 2.56. The van der Waals surface area contributed by atoms with Gasteiger partial charge in [0.25, 0.3) is 0 Å². The zero-order valence-electron chi connectivity index (χ0n) is 15.4. The van der Waals surface area contributed by atoms with Crippen molar-refractivity contribution in [2.24, 2.45) is 11.8 Å². The first kappa shape index (κ1) is 18.1. The van der Waals surface area contributed by atoms with E-state index in [1.165, 1.54) is 12.3 Å². The first-order chi connectivity index (χ1) is 12.6. The molecule has 27 heavy (non-hydrogen) atoms. The predicted molar refractivity (Wildman–Crippen MR) is 94.2 cm³/mol. The number of anilines is 1. The lowest BCUT2D eigenvalue weighted by atomic mass is 10.1. The van der Waals surface area contributed by atoms with Gasteiger partial charge in [0, 0.05) is 42.5 Å². The Hall–Kier alpha value is -2.29. The Morgan fingerprint density at radius 1 is 1.22 bits per heavy atom. The fraction of sp³-hybridized carbons (Fsp3) is 0.556. The minimum absolute atomic E-state index is 0.153. The second-order valence-corrected chi connectivity index (χ2v) is 7.72. The number of ether oxygens (including phenoxy) is 1. The lowest BCUT2D eigenvalue weighted by Crippen LogP contribution is -2.19. The molecule has 2 aliphatic rings. The van der Waals surface area contributed by atoms with Crippen molar-refractivity contribution in [3.63, 3.8) is 0 Å². The molecule has 3 atom stereocenters. The van der Waals surface area contributed by atoms with Crippen molar-refractivity contribution in [2.75, 3.05) is 25.9 Å². The smallest absolute Gasteiger partial charge is 0.402 e. The summed E-state index contributed by atoms with van der Waals surface area (Å²) in [6.07, 6.45) is -3.40. The van der Waals surface area contributed by atoms with Crippen molar-refractivity contribution in [3.05, 3.63) is 24.0 Å². The number of nitrogens with zero attached hydrogens (tertiary/aromatic N) is 4. The van der Waals surface area contributed by atoms with Gasteiger partial charge in [0.05, 0.1) is 5.69 Å². The fourth-order valence-electron chi connectivity index (χ4n) is 4.19. The molecule has 0 radical (unpaired) electrons. The number of likely N-dealkylation sites (tertiary alicyclic amines) is 1. The number of piperidine rings is 1. The van der Waals surface area contributed by atoms with Gasteiger partial charge in [-0.1, -0.05) is 0 Å². The molecule has 0 aromatic carbocycles. The third-order valence-electron chi connectivity index (χ3n) is 5.38. The molecule has 2 aromatic heterocycles. The summed E-state index contributed by atoms with van der Waals surface area (Å²) >= 11 is 0. The largest absolute Gasteiger partial charge is 0.573 e. The number of aromatic nitrogens is 3. The van der Waals surface area contributed by atoms with Gasteiger partial charge in [0.2, 0.25) is 0 Å². The maximum Gasteiger partial charge on any atom is 0.573 e. The van der Waals surface area contributed by atoms with Crippen molar-refractivity contribution in [2.45, 2.75) is 32.2 Å². The summed E-state index contributed by atoms with van der Waals surface area (Å²) < 4.78 is 43.7. The lowest BCUT2D eigenvalue weighted by molar-refractivity contribution is -0.274. The first-order valence-electron chi connectivity index (χ1n) is 8.93. The van der Waals surface area contributed by atoms with Crippen LogP contribution in [0.15, 0.2) is 18.3 Å². The molecule has 2 N–H and O–H groups in total. The van der Waals surface area contributed by atoms with Crippen molar-refractivity contribution in [3.8, 4) is 17.0 Å². The minimum Gasteiger partial charge on any atom is -0.402 e. The number of pyridine rings is 1. The number of rotatable bonds is 4. The molecule has 4 rings (SSSR count). The second-order valence-electron chi connectivity index (χ2n) is 7.72. The molecule has 0 amide bonds. The van der Waals surface area contributed by atoms with E-state index in [2.05, 4.69) is 26.8 Å². The van der Waals surface area contributed by atoms with Gasteiger partial charge in [0.15, 0.2) is 11.6 Å². The molecule has 1 aliphatic carbocycles. The molecular formula is C18H22F3N5O. The standard InChI is InChI=1S/C18H22F3N5O/c1-9(2)26-14(16-11-7-25(3)8-12(11)16)5-13(24-26)10-4-15(17(22)23-6-10)27-18(19,20)21/h4-6,9,11-12,16H,7-8H2,1-3H3,(H2,22,23)/t11-,12+,16+. The van der Waals surface area contributed by atoms with Crippen LogP contribution in [0.4, 0.5) is 19.0 Å². The van der Waals surface area contributed by atoms with Gasteiger partial charge in [-0.3, -0.25) is 4.68 Å². The number of hydrogen-bond acceptors (Lipinski definition) is 5. The SMILES string of the molecule is CC(C)n1nc(-c2cnc(N)c(OC(F)(F)F)c2)cc1[C@H]1[C@@H]2CN(C)C[C@@H]21. The fourth-order valence-corrected chi connectivity index (χ4v) is 4.19. The van der Waals surface area contributed by atoms with Crippen LogP contribution < -0.4 is 10.5 Å². The molecule has 0 spiro atoms. The lowest BCUT2D eigenvalue weighted by Gasteiger charge is -2.15. The van der Waals surface area contributed by atoms with Crippen LogP contribution in [0.3, 0.4) is 0 Å². The summed E-state index contributed by atoms with van der Waals surface area (Å²) in [5.74, 6) is 0.902. The molecule has 0 unspecified atom stereocenters. The van der Waals surface area contributed by atoms with E-state index >= 15 is 0 Å². The molecule has 1 saturated heterocycles. The Morgan fingerprint density at radius 3 is 2.48 bits per heavy atom. The molecule has 146 valence electrons. The molecule has 2 fully saturated rings. The third-order valence-corrected chi connectivity index (χ3v) is 5.38. The molecule has 9 heteroatoms. The van der Waals surface area contributed by atoms with Crippen LogP contribution in [-0.2, 0) is 0 Å². The summed E-state index contributed by atoms with van der Waals surface area (Å²) in [7, 11) is 2.12. The Bertz CT molecular complexity index is 851. The van der Waals surface area contributed by atoms with Crippen LogP contribution in [0.5, 0.6) is 5.75 Å². The van der Waals surface area contributed by atoms with Crippen LogP contribution >= 0.6 is 0 Å². The first-order valence-corrected chi connectivity index (χ1v) is 8.93. The number of nitrogen functional groups attached to an aromatic ring is 1. The highest BCUT2D eigenvalue weighted by molar-refractivity contribution is 5.64. The summed E-state index contributed by atoms with van der Waals surface area (Å²) in [5, 5.41) is 4.64. The summed E-state index contributed by atoms with van der Waals surface area (Å²) in [5.41, 5.74) is 7.69. The molecule has 2 aromatic rings. The van der Waals surface area contributed by atoms with E-state index in [0.29, 0.717) is 29.0 Å². The van der Waals surface area contributed by atoms with Gasteiger partial charge in [0.1, 0.15) is 0 Å². The maximum atomic E-state index is 12.6. The van der Waals surface area contributed by atoms with E-state index in [9.17, 15) is 13.2 Å². The zero-order valence-corrected chi connectivity index (χ0v) is 15.4. The maximum absolute atomic E-state index is 12.6. The van der Waals surface area contributed by atoms with Gasteiger partial charge >= 0.3 is 6.36 Å². The topological polar surface area (TPSA) is 69.2 Å². The van der Waals surface area contributed by atoms with E-state index in [-0.39, 0.29) is 11.9 Å². The number of hydrogen-bond donors (Lipinski definition) is 1. The van der Waals surface area contributed by atoms with Gasteiger partial charge in [-0.2, -0.15) is 5.10 Å². The number of nitrogens with two attached hydrogens (primary N) is 1. The van der Waals surface area contributed by atoms with Crippen LogP contribution in [0.1, 0.15) is 31.5 Å². The van der Waals surface area contributed by atoms with Crippen LogP contribution in [0.2, 0.25) is 0 Å². The van der Waals surface area contributed by atoms with E-state index in [1.807, 2.05) is 24.6 Å². The number of fused-ring (bicyclic) bond motifs is 1. The average molecular weight is 381 g/mol. The van der Waals surface area contributed by atoms with E-state index in [1.54, 1.807) is 0 Å². The highest BCUT2D eigenvalue weighted by Crippen LogP contribution is 2.58. The monoisotopic (exact) mass is 381 g/mol. The number of alkyl halides is 3. The van der Waals surface area contributed by atoms with Gasteiger partial charge in [-0.15, -0.1) is 13.2 Å². The minimum atomic E-state index is -4.83. The molecule has 1 aliphatic heterocycles. The van der Waals surface area contributed by atoms with Gasteiger partial charge < -0.3 is 15.4 Å². The average Bonchev–Trinajstić information content (AvgIpc) is 2.94. The van der Waals surface area contributed by atoms with Crippen molar-refractivity contribution in [1.29, 1.82) is 0 Å². The number of halogens is 3.